The summed E-state index contributed by atoms with van der Waals surface area (Å²) in [7, 11) is -3.87. The first-order valence-electron chi connectivity index (χ1n) is 8.97. The fraction of sp³-hybridized carbons (Fsp3) is 0.250. The van der Waals surface area contributed by atoms with E-state index in [0.29, 0.717) is 5.56 Å². The maximum atomic E-state index is 12.7. The van der Waals surface area contributed by atoms with E-state index in [2.05, 4.69) is 20.2 Å². The lowest BCUT2D eigenvalue weighted by atomic mass is 10.0. The average Bonchev–Trinajstić information content (AvgIpc) is 3.13. The summed E-state index contributed by atoms with van der Waals surface area (Å²) in [5, 5.41) is 10.3. The van der Waals surface area contributed by atoms with Crippen LogP contribution in [0.5, 0.6) is 0 Å². The first-order chi connectivity index (χ1) is 13.7. The van der Waals surface area contributed by atoms with Gasteiger partial charge in [0.2, 0.25) is 9.47 Å². The van der Waals surface area contributed by atoms with Gasteiger partial charge in [0.15, 0.2) is 0 Å². The number of aromatic nitrogens is 2. The van der Waals surface area contributed by atoms with Crippen LogP contribution in [0.1, 0.15) is 45.6 Å². The molecule has 0 aliphatic carbocycles. The molecule has 1 amide bonds. The summed E-state index contributed by atoms with van der Waals surface area (Å²) in [4.78, 5) is 12.4. The van der Waals surface area contributed by atoms with Crippen molar-refractivity contribution in [3.8, 4) is 0 Å². The predicted molar refractivity (Wildman–Crippen MR) is 114 cm³/mol. The van der Waals surface area contributed by atoms with E-state index in [9.17, 15) is 13.2 Å². The SMILES string of the molecule is Cc1ccc([C@@H](C)NS(=O)(=O)c2nnc(NC(=O)c3ccccc3C)s2)cc1C. The average molecular weight is 431 g/mol. The number of benzene rings is 2. The van der Waals surface area contributed by atoms with Crippen molar-refractivity contribution in [1.29, 1.82) is 0 Å². The quantitative estimate of drug-likeness (QED) is 0.580. The number of nitrogens with one attached hydrogen (secondary N) is 2. The molecule has 3 aromatic rings. The molecule has 0 bridgehead atoms. The van der Waals surface area contributed by atoms with Crippen molar-refractivity contribution in [3.05, 3.63) is 70.3 Å². The number of nitrogens with zero attached hydrogens (tertiary/aromatic N) is 2. The zero-order valence-electron chi connectivity index (χ0n) is 16.6. The molecule has 2 aromatic carbocycles. The first-order valence-corrected chi connectivity index (χ1v) is 11.3. The van der Waals surface area contributed by atoms with Gasteiger partial charge < -0.3 is 0 Å². The van der Waals surface area contributed by atoms with Crippen LogP contribution in [0.2, 0.25) is 0 Å². The van der Waals surface area contributed by atoms with Gasteiger partial charge in [-0.25, -0.2) is 13.1 Å². The van der Waals surface area contributed by atoms with E-state index < -0.39 is 16.1 Å². The number of anilines is 1. The maximum Gasteiger partial charge on any atom is 0.270 e. The van der Waals surface area contributed by atoms with Crippen molar-refractivity contribution in [2.45, 2.75) is 38.1 Å². The second-order valence-corrected chi connectivity index (χ2v) is 9.69. The number of amides is 1. The van der Waals surface area contributed by atoms with Crippen LogP contribution in [0.15, 0.2) is 46.8 Å². The second-order valence-electron chi connectivity index (χ2n) is 6.83. The Morgan fingerprint density at radius 2 is 1.72 bits per heavy atom. The van der Waals surface area contributed by atoms with Crippen LogP contribution in [-0.4, -0.2) is 24.5 Å². The van der Waals surface area contributed by atoms with E-state index in [-0.39, 0.29) is 15.4 Å². The summed E-state index contributed by atoms with van der Waals surface area (Å²) in [5.74, 6) is -0.361. The Balaban J connectivity index is 1.73. The number of rotatable bonds is 6. The van der Waals surface area contributed by atoms with E-state index in [4.69, 9.17) is 0 Å². The minimum atomic E-state index is -3.87. The normalized spacial score (nSPS) is 12.6. The topological polar surface area (TPSA) is 101 Å². The highest BCUT2D eigenvalue weighted by Gasteiger charge is 2.24. The lowest BCUT2D eigenvalue weighted by Gasteiger charge is -2.14. The van der Waals surface area contributed by atoms with E-state index >= 15 is 0 Å². The van der Waals surface area contributed by atoms with Gasteiger partial charge in [0.25, 0.3) is 15.9 Å². The van der Waals surface area contributed by atoms with Gasteiger partial charge in [-0.2, -0.15) is 0 Å². The third-order valence-corrected chi connectivity index (χ3v) is 7.36. The molecule has 1 aromatic heterocycles. The Labute approximate surface area is 174 Å². The summed E-state index contributed by atoms with van der Waals surface area (Å²) in [6.07, 6.45) is 0. The lowest BCUT2D eigenvalue weighted by Crippen LogP contribution is -2.26. The molecule has 0 saturated heterocycles. The summed E-state index contributed by atoms with van der Waals surface area (Å²) in [6, 6.07) is 12.5. The van der Waals surface area contributed by atoms with Crippen molar-refractivity contribution in [2.24, 2.45) is 0 Å². The zero-order chi connectivity index (χ0) is 21.2. The summed E-state index contributed by atoms with van der Waals surface area (Å²) in [6.45, 7) is 7.57. The number of hydrogen-bond donors (Lipinski definition) is 2. The number of carbonyl (C=O) groups excluding carboxylic acids is 1. The fourth-order valence-corrected chi connectivity index (χ4v) is 4.89. The minimum Gasteiger partial charge on any atom is -0.296 e. The van der Waals surface area contributed by atoms with Crippen LogP contribution in [0.3, 0.4) is 0 Å². The molecular weight excluding hydrogens is 408 g/mol. The van der Waals surface area contributed by atoms with Crippen LogP contribution >= 0.6 is 11.3 Å². The zero-order valence-corrected chi connectivity index (χ0v) is 18.2. The Hall–Kier alpha value is -2.62. The molecule has 0 aliphatic heterocycles. The molecule has 0 aliphatic rings. The molecule has 0 radical (unpaired) electrons. The van der Waals surface area contributed by atoms with E-state index in [1.54, 1.807) is 19.1 Å². The summed E-state index contributed by atoms with van der Waals surface area (Å²) in [5.41, 5.74) is 4.39. The molecular formula is C20H22N4O3S2. The van der Waals surface area contributed by atoms with Crippen molar-refractivity contribution in [1.82, 2.24) is 14.9 Å². The molecule has 0 unspecified atom stereocenters. The van der Waals surface area contributed by atoms with Gasteiger partial charge in [0.05, 0.1) is 0 Å². The van der Waals surface area contributed by atoms with E-state index in [0.717, 1.165) is 33.6 Å². The van der Waals surface area contributed by atoms with Gasteiger partial charge in [-0.3, -0.25) is 10.1 Å². The first kappa shape index (κ1) is 21.1. The minimum absolute atomic E-state index is 0.123. The summed E-state index contributed by atoms with van der Waals surface area (Å²) >= 11 is 0.807. The van der Waals surface area contributed by atoms with Crippen molar-refractivity contribution >= 4 is 32.4 Å². The van der Waals surface area contributed by atoms with Gasteiger partial charge in [-0.1, -0.05) is 47.7 Å². The van der Waals surface area contributed by atoms with Gasteiger partial charge in [-0.15, -0.1) is 10.2 Å². The molecule has 29 heavy (non-hydrogen) atoms. The number of carbonyl (C=O) groups is 1. The molecule has 3 rings (SSSR count). The third kappa shape index (κ3) is 4.87. The molecule has 0 saturated carbocycles. The smallest absolute Gasteiger partial charge is 0.270 e. The predicted octanol–water partition coefficient (Wildman–Crippen LogP) is 3.76. The van der Waals surface area contributed by atoms with E-state index in [1.165, 1.54) is 0 Å². The van der Waals surface area contributed by atoms with Crippen LogP contribution in [0.4, 0.5) is 5.13 Å². The van der Waals surface area contributed by atoms with Crippen molar-refractivity contribution < 1.29 is 13.2 Å². The van der Waals surface area contributed by atoms with Crippen LogP contribution in [0, 0.1) is 20.8 Å². The fourth-order valence-electron chi connectivity index (χ4n) is 2.75. The Kier molecular flexibility index (Phi) is 6.11. The van der Waals surface area contributed by atoms with Crippen LogP contribution < -0.4 is 10.0 Å². The van der Waals surface area contributed by atoms with Crippen LogP contribution in [-0.2, 0) is 10.0 Å². The Morgan fingerprint density at radius 1 is 1.00 bits per heavy atom. The highest BCUT2D eigenvalue weighted by molar-refractivity contribution is 7.91. The second kappa shape index (κ2) is 8.40. The Bertz CT molecular complexity index is 1160. The van der Waals surface area contributed by atoms with Crippen molar-refractivity contribution in [3.63, 3.8) is 0 Å². The summed E-state index contributed by atoms with van der Waals surface area (Å²) < 4.78 is 27.8. The molecule has 152 valence electrons. The number of sulfonamides is 1. The van der Waals surface area contributed by atoms with Gasteiger partial charge >= 0.3 is 0 Å². The molecule has 1 heterocycles. The largest absolute Gasteiger partial charge is 0.296 e. The molecule has 7 nitrogen and oxygen atoms in total. The highest BCUT2D eigenvalue weighted by Crippen LogP contribution is 2.24. The third-order valence-electron chi connectivity index (χ3n) is 4.61. The molecule has 2 N–H and O–H groups in total. The number of hydrogen-bond acceptors (Lipinski definition) is 6. The lowest BCUT2D eigenvalue weighted by molar-refractivity contribution is 0.102. The van der Waals surface area contributed by atoms with E-state index in [1.807, 2.05) is 51.1 Å². The number of aryl methyl sites for hydroxylation is 3. The highest BCUT2D eigenvalue weighted by atomic mass is 32.2. The standard InChI is InChI=1S/C20H22N4O3S2/c1-12-9-10-16(11-14(12)3)15(4)24-29(26,27)20-23-22-19(28-20)21-18(25)17-8-6-5-7-13(17)2/h5-11,15,24H,1-4H3,(H,21,22,25)/t15-/m1/s1. The molecule has 9 heteroatoms. The van der Waals surface area contributed by atoms with Gasteiger partial charge in [0, 0.05) is 11.6 Å². The van der Waals surface area contributed by atoms with Crippen LogP contribution in [0.25, 0.3) is 0 Å². The van der Waals surface area contributed by atoms with Gasteiger partial charge in [0.1, 0.15) is 0 Å². The molecule has 0 spiro atoms. The van der Waals surface area contributed by atoms with Gasteiger partial charge in [-0.05, 0) is 56.0 Å². The molecule has 0 fully saturated rings. The Morgan fingerprint density at radius 3 is 2.41 bits per heavy atom. The monoisotopic (exact) mass is 430 g/mol. The van der Waals surface area contributed by atoms with Crippen molar-refractivity contribution in [2.75, 3.05) is 5.32 Å². The molecule has 1 atom stereocenters. The maximum absolute atomic E-state index is 12.7.